The number of alkyl halides is 2. The van der Waals surface area contributed by atoms with E-state index in [1.165, 1.54) is 18.0 Å². The Labute approximate surface area is 144 Å². The number of nitrogens with zero attached hydrogens (tertiary/aromatic N) is 3. The SMILES string of the molecule is CCc1cccc(NC(N)=NCc2nccn2C(F)F)c1.I. The molecule has 2 rings (SSSR count). The Bertz CT molecular complexity index is 627. The first-order valence-corrected chi connectivity index (χ1v) is 6.56. The Morgan fingerprint density at radius 1 is 1.45 bits per heavy atom. The molecular formula is C14H18F2IN5. The highest BCUT2D eigenvalue weighted by atomic mass is 127. The van der Waals surface area contributed by atoms with Gasteiger partial charge in [-0.15, -0.1) is 24.0 Å². The van der Waals surface area contributed by atoms with Crippen LogP contribution in [0.3, 0.4) is 0 Å². The molecule has 0 atom stereocenters. The first-order valence-electron chi connectivity index (χ1n) is 6.56. The fourth-order valence-electron chi connectivity index (χ4n) is 1.86. The quantitative estimate of drug-likeness (QED) is 0.442. The number of benzene rings is 1. The van der Waals surface area contributed by atoms with Crippen molar-refractivity contribution in [1.82, 2.24) is 9.55 Å². The smallest absolute Gasteiger partial charge is 0.319 e. The maximum absolute atomic E-state index is 12.6. The number of hydrogen-bond acceptors (Lipinski definition) is 2. The lowest BCUT2D eigenvalue weighted by Crippen LogP contribution is -2.23. The van der Waals surface area contributed by atoms with Gasteiger partial charge in [-0.2, -0.15) is 8.78 Å². The summed E-state index contributed by atoms with van der Waals surface area (Å²) < 4.78 is 26.0. The van der Waals surface area contributed by atoms with E-state index >= 15 is 0 Å². The lowest BCUT2D eigenvalue weighted by Gasteiger charge is -2.08. The number of anilines is 1. The van der Waals surface area contributed by atoms with Crippen molar-refractivity contribution in [3.8, 4) is 0 Å². The first-order chi connectivity index (χ1) is 10.1. The molecule has 1 heterocycles. The second-order valence-corrected chi connectivity index (χ2v) is 4.41. The molecule has 0 aliphatic heterocycles. The molecule has 0 unspecified atom stereocenters. The molecule has 1 aromatic heterocycles. The third-order valence-electron chi connectivity index (χ3n) is 2.96. The van der Waals surface area contributed by atoms with E-state index in [-0.39, 0.29) is 42.3 Å². The molecule has 0 radical (unpaired) electrons. The molecule has 5 nitrogen and oxygen atoms in total. The van der Waals surface area contributed by atoms with Gasteiger partial charge in [-0.3, -0.25) is 4.57 Å². The molecule has 3 N–H and O–H groups in total. The number of aryl methyl sites for hydroxylation is 1. The maximum atomic E-state index is 12.6. The summed E-state index contributed by atoms with van der Waals surface area (Å²) in [5, 5.41) is 2.93. The lowest BCUT2D eigenvalue weighted by atomic mass is 10.1. The second-order valence-electron chi connectivity index (χ2n) is 4.41. The monoisotopic (exact) mass is 421 g/mol. The summed E-state index contributed by atoms with van der Waals surface area (Å²) in [7, 11) is 0. The first kappa shape index (κ1) is 18.3. The highest BCUT2D eigenvalue weighted by molar-refractivity contribution is 14.0. The zero-order valence-corrected chi connectivity index (χ0v) is 14.4. The Hall–Kier alpha value is -1.71. The largest absolute Gasteiger partial charge is 0.370 e. The molecular weight excluding hydrogens is 403 g/mol. The van der Waals surface area contributed by atoms with Crippen LogP contribution in [0.15, 0.2) is 41.7 Å². The third-order valence-corrected chi connectivity index (χ3v) is 2.96. The number of imidazole rings is 1. The number of hydrogen-bond donors (Lipinski definition) is 2. The Morgan fingerprint density at radius 2 is 2.23 bits per heavy atom. The maximum Gasteiger partial charge on any atom is 0.319 e. The van der Waals surface area contributed by atoms with E-state index in [4.69, 9.17) is 5.73 Å². The van der Waals surface area contributed by atoms with Gasteiger partial charge in [-0.05, 0) is 24.1 Å². The summed E-state index contributed by atoms with van der Waals surface area (Å²) in [4.78, 5) is 7.86. The van der Waals surface area contributed by atoms with Crippen molar-refractivity contribution < 1.29 is 8.78 Å². The third kappa shape index (κ3) is 4.93. The minimum atomic E-state index is -2.63. The predicted octanol–water partition coefficient (Wildman–Crippen LogP) is 3.39. The molecule has 2 aromatic rings. The van der Waals surface area contributed by atoms with Crippen molar-refractivity contribution >= 4 is 35.6 Å². The van der Waals surface area contributed by atoms with Gasteiger partial charge in [0.05, 0.1) is 0 Å². The van der Waals surface area contributed by atoms with Gasteiger partial charge in [0.15, 0.2) is 5.96 Å². The van der Waals surface area contributed by atoms with Crippen molar-refractivity contribution in [1.29, 1.82) is 0 Å². The minimum absolute atomic E-state index is 0. The molecule has 0 saturated carbocycles. The van der Waals surface area contributed by atoms with E-state index in [1.807, 2.05) is 24.3 Å². The zero-order valence-electron chi connectivity index (χ0n) is 12.0. The van der Waals surface area contributed by atoms with Gasteiger partial charge < -0.3 is 11.1 Å². The molecule has 0 fully saturated rings. The summed E-state index contributed by atoms with van der Waals surface area (Å²) in [5.41, 5.74) is 7.73. The molecule has 0 aliphatic rings. The number of nitrogens with two attached hydrogens (primary N) is 1. The van der Waals surface area contributed by atoms with E-state index in [0.717, 1.165) is 16.7 Å². The highest BCUT2D eigenvalue weighted by Crippen LogP contribution is 2.13. The number of rotatable bonds is 5. The lowest BCUT2D eigenvalue weighted by molar-refractivity contribution is 0.0671. The van der Waals surface area contributed by atoms with Crippen LogP contribution in [0.4, 0.5) is 14.5 Å². The van der Waals surface area contributed by atoms with Crippen molar-refractivity contribution in [2.24, 2.45) is 10.7 Å². The second kappa shape index (κ2) is 8.66. The highest BCUT2D eigenvalue weighted by Gasteiger charge is 2.10. The van der Waals surface area contributed by atoms with Crippen molar-refractivity contribution in [2.45, 2.75) is 26.4 Å². The van der Waals surface area contributed by atoms with Crippen LogP contribution in [0.25, 0.3) is 0 Å². The van der Waals surface area contributed by atoms with Crippen LogP contribution in [-0.2, 0) is 13.0 Å². The van der Waals surface area contributed by atoms with Gasteiger partial charge in [-0.1, -0.05) is 19.1 Å². The van der Waals surface area contributed by atoms with Gasteiger partial charge in [0.1, 0.15) is 12.4 Å². The fourth-order valence-corrected chi connectivity index (χ4v) is 1.86. The van der Waals surface area contributed by atoms with E-state index in [1.54, 1.807) is 0 Å². The molecule has 120 valence electrons. The fraction of sp³-hybridized carbons (Fsp3) is 0.286. The van der Waals surface area contributed by atoms with E-state index in [2.05, 4.69) is 22.2 Å². The standard InChI is InChI=1S/C14H17F2N5.HI/c1-2-10-4-3-5-11(8-10)20-14(17)19-9-12-18-6-7-21(12)13(15)16;/h3-8,13H,2,9H2,1H3,(H3,17,19,20);1H. The molecule has 0 aliphatic carbocycles. The summed E-state index contributed by atoms with van der Waals surface area (Å²) in [5.74, 6) is 0.323. The van der Waals surface area contributed by atoms with E-state index < -0.39 is 6.55 Å². The van der Waals surface area contributed by atoms with Crippen molar-refractivity contribution in [3.05, 3.63) is 48.0 Å². The van der Waals surface area contributed by atoms with Crippen LogP contribution in [0.1, 0.15) is 24.9 Å². The van der Waals surface area contributed by atoms with Crippen LogP contribution in [0, 0.1) is 0 Å². The van der Waals surface area contributed by atoms with Crippen LogP contribution >= 0.6 is 24.0 Å². The Kier molecular flexibility index (Phi) is 7.22. The number of guanidine groups is 1. The average molecular weight is 421 g/mol. The van der Waals surface area contributed by atoms with Gasteiger partial charge in [0.25, 0.3) is 0 Å². The number of halogens is 3. The molecule has 22 heavy (non-hydrogen) atoms. The van der Waals surface area contributed by atoms with Gasteiger partial charge in [-0.25, -0.2) is 9.98 Å². The van der Waals surface area contributed by atoms with E-state index in [9.17, 15) is 8.78 Å². The van der Waals surface area contributed by atoms with Crippen LogP contribution in [-0.4, -0.2) is 15.5 Å². The van der Waals surface area contributed by atoms with E-state index in [0.29, 0.717) is 0 Å². The number of nitrogens with one attached hydrogen (secondary N) is 1. The summed E-state index contributed by atoms with van der Waals surface area (Å²) >= 11 is 0. The molecule has 0 amide bonds. The Morgan fingerprint density at radius 3 is 2.91 bits per heavy atom. The van der Waals surface area contributed by atoms with Gasteiger partial charge in [0, 0.05) is 18.1 Å². The summed E-state index contributed by atoms with van der Waals surface area (Å²) in [6, 6.07) is 7.75. The summed E-state index contributed by atoms with van der Waals surface area (Å²) in [6.07, 6.45) is 3.44. The number of aromatic nitrogens is 2. The molecule has 0 saturated heterocycles. The number of aliphatic imine (C=N–C) groups is 1. The zero-order chi connectivity index (χ0) is 15.2. The van der Waals surface area contributed by atoms with Crippen molar-refractivity contribution in [3.63, 3.8) is 0 Å². The molecule has 8 heteroatoms. The van der Waals surface area contributed by atoms with Crippen LogP contribution < -0.4 is 11.1 Å². The minimum Gasteiger partial charge on any atom is -0.370 e. The molecule has 0 bridgehead atoms. The molecule has 0 spiro atoms. The van der Waals surface area contributed by atoms with Gasteiger partial charge in [0.2, 0.25) is 0 Å². The van der Waals surface area contributed by atoms with Crippen LogP contribution in [0.5, 0.6) is 0 Å². The normalized spacial score (nSPS) is 11.4. The van der Waals surface area contributed by atoms with Gasteiger partial charge >= 0.3 is 6.55 Å². The molecule has 1 aromatic carbocycles. The summed E-state index contributed by atoms with van der Waals surface area (Å²) in [6.45, 7) is -0.585. The topological polar surface area (TPSA) is 68.2 Å². The van der Waals surface area contributed by atoms with Crippen molar-refractivity contribution in [2.75, 3.05) is 5.32 Å². The van der Waals surface area contributed by atoms with Crippen LogP contribution in [0.2, 0.25) is 0 Å². The average Bonchev–Trinajstić information content (AvgIpc) is 2.94. The predicted molar refractivity (Wildman–Crippen MR) is 93.7 cm³/mol. The Balaban J connectivity index is 0.00000242.